The van der Waals surface area contributed by atoms with Crippen LogP contribution in [0.1, 0.15) is 112 Å². The fourth-order valence-corrected chi connectivity index (χ4v) is 10.8. The van der Waals surface area contributed by atoms with Crippen LogP contribution in [0.2, 0.25) is 0 Å². The molecule has 3 heterocycles. The second kappa shape index (κ2) is 18.9. The number of aryl methyl sites for hydroxylation is 1. The first-order chi connectivity index (χ1) is 28.0. The number of benzene rings is 1. The van der Waals surface area contributed by atoms with Gasteiger partial charge in [-0.25, -0.2) is 0 Å². The molecule has 11 nitrogen and oxygen atoms in total. The number of phenols is 1. The molecule has 2 saturated carbocycles. The second-order valence-corrected chi connectivity index (χ2v) is 17.9. The zero-order valence-electron chi connectivity index (χ0n) is 34.1. The van der Waals surface area contributed by atoms with E-state index < -0.39 is 17.6 Å². The molecule has 0 bridgehead atoms. The van der Waals surface area contributed by atoms with Crippen LogP contribution < -0.4 is 21.1 Å². The van der Waals surface area contributed by atoms with Gasteiger partial charge < -0.3 is 46.5 Å². The van der Waals surface area contributed by atoms with E-state index in [0.717, 1.165) is 55.3 Å². The Morgan fingerprint density at radius 2 is 1.97 bits per heavy atom. The Hall–Kier alpha value is -4.08. The Kier molecular flexibility index (Phi) is 13.7. The number of carbonyl (C=O) groups excluding carboxylic acids is 2. The van der Waals surface area contributed by atoms with E-state index >= 15 is 0 Å². The van der Waals surface area contributed by atoms with Gasteiger partial charge in [-0.1, -0.05) is 11.8 Å². The number of carbonyl (C=O) groups is 2. The molecule has 9 N–H and O–H groups in total. The number of methoxy groups -OCH3 is 1. The van der Waals surface area contributed by atoms with Crippen molar-refractivity contribution >= 4 is 11.6 Å². The van der Waals surface area contributed by atoms with Crippen molar-refractivity contribution < 1.29 is 34.8 Å². The average Bonchev–Trinajstić information content (AvgIpc) is 3.74. The Balaban J connectivity index is 1.05. The normalized spacial score (nSPS) is 29.8. The lowest BCUT2D eigenvalue weighted by molar-refractivity contribution is -0.134. The highest BCUT2D eigenvalue weighted by atomic mass is 16.5. The molecule has 3 fully saturated rings. The Bertz CT molecular complexity index is 1900. The molecule has 5 aliphatic rings. The van der Waals surface area contributed by atoms with Crippen LogP contribution in [0.3, 0.4) is 0 Å². The van der Waals surface area contributed by atoms with Gasteiger partial charge in [-0.05, 0) is 166 Å². The number of phenolic OH excluding ortho intramolecular Hbond substituents is 1. The van der Waals surface area contributed by atoms with Gasteiger partial charge in [0.15, 0.2) is 17.3 Å². The van der Waals surface area contributed by atoms with E-state index in [2.05, 4.69) is 33.5 Å². The summed E-state index contributed by atoms with van der Waals surface area (Å²) >= 11 is 0. The molecule has 7 rings (SSSR count). The molecular formula is C47H64N4O7. The number of hydrogen-bond donors (Lipinski definition) is 8. The van der Waals surface area contributed by atoms with Crippen molar-refractivity contribution in [1.29, 1.82) is 0 Å². The zero-order valence-corrected chi connectivity index (χ0v) is 34.1. The van der Waals surface area contributed by atoms with E-state index in [1.54, 1.807) is 12.1 Å². The van der Waals surface area contributed by atoms with E-state index in [1.165, 1.54) is 18.2 Å². The van der Waals surface area contributed by atoms with Crippen LogP contribution in [-0.2, 0) is 22.4 Å². The van der Waals surface area contributed by atoms with Crippen molar-refractivity contribution in [2.75, 3.05) is 26.8 Å². The molecule has 3 aliphatic carbocycles. The largest absolute Gasteiger partial charge is 0.504 e. The lowest BCUT2D eigenvalue weighted by atomic mass is 9.63. The van der Waals surface area contributed by atoms with Crippen LogP contribution in [0.15, 0.2) is 53.6 Å². The standard InChI is InChI=1S/C47H64N4O7/c1-58-43-22-34-5-9-44(56)47(14-10-29(20-45(47)57)18-33(13-17-52)37-21-35-4-8-39(54)24-41(35)50-27-37)15-11-31(40(34)25-42(43)55)2-6-38(53)7-3-32-23-46(48)51-28-36(32)19-30-12-16-49-26-30/h12,16,22-23,25-26,29,31,33,35,37-38,41,45,49-53,55,57H,2-10,13-14,17-21,24,27-28,48H2,1H3. The quantitative estimate of drug-likeness (QED) is 0.120. The lowest BCUT2D eigenvalue weighted by Crippen LogP contribution is -2.50. The molecule has 11 heteroatoms. The molecule has 2 aromatic rings. The van der Waals surface area contributed by atoms with Gasteiger partial charge in [-0.15, -0.1) is 0 Å². The van der Waals surface area contributed by atoms with Crippen molar-refractivity contribution in [2.24, 2.45) is 34.8 Å². The summed E-state index contributed by atoms with van der Waals surface area (Å²) in [5, 5.41) is 51.3. The third-order valence-electron chi connectivity index (χ3n) is 14.2. The van der Waals surface area contributed by atoms with Gasteiger partial charge in [0.1, 0.15) is 11.2 Å². The molecule has 314 valence electrons. The number of Topliss-reactive ketones (excluding diaryl/α,β-unsaturated/α-hetero) is 2. The summed E-state index contributed by atoms with van der Waals surface area (Å²) in [5.41, 5.74) is 10.3. The third kappa shape index (κ3) is 9.68. The van der Waals surface area contributed by atoms with Crippen LogP contribution >= 0.6 is 0 Å². The Morgan fingerprint density at radius 3 is 2.74 bits per heavy atom. The molecule has 9 unspecified atom stereocenters. The highest BCUT2D eigenvalue weighted by Gasteiger charge is 2.48. The van der Waals surface area contributed by atoms with Gasteiger partial charge in [0.25, 0.3) is 0 Å². The summed E-state index contributed by atoms with van der Waals surface area (Å²) in [5.74, 6) is 9.12. The number of piperidine rings is 1. The number of ether oxygens (including phenoxy) is 1. The molecule has 1 spiro atoms. The third-order valence-corrected chi connectivity index (χ3v) is 14.2. The number of ketones is 2. The van der Waals surface area contributed by atoms with Crippen LogP contribution in [0.25, 0.3) is 0 Å². The van der Waals surface area contributed by atoms with Crippen molar-refractivity contribution in [3.63, 3.8) is 0 Å². The van der Waals surface area contributed by atoms with Crippen molar-refractivity contribution in [3.8, 4) is 23.3 Å². The topological polar surface area (TPSA) is 190 Å². The molecular weight excluding hydrogens is 733 g/mol. The zero-order chi connectivity index (χ0) is 40.8. The molecule has 1 saturated heterocycles. The predicted octanol–water partition coefficient (Wildman–Crippen LogP) is 5.08. The number of fused-ring (bicyclic) bond motifs is 2. The fourth-order valence-electron chi connectivity index (χ4n) is 10.8. The molecule has 0 radical (unpaired) electrons. The highest BCUT2D eigenvalue weighted by molar-refractivity contribution is 5.89. The number of aliphatic hydroxyl groups is 3. The number of dihydropyridines is 1. The van der Waals surface area contributed by atoms with Gasteiger partial charge in [-0.2, -0.15) is 0 Å². The summed E-state index contributed by atoms with van der Waals surface area (Å²) in [6.45, 7) is 1.62. The Morgan fingerprint density at radius 1 is 1.10 bits per heavy atom. The van der Waals surface area contributed by atoms with Crippen molar-refractivity contribution in [2.45, 2.75) is 127 Å². The maximum Gasteiger partial charge on any atom is 0.160 e. The Labute approximate surface area is 343 Å². The molecule has 0 amide bonds. The van der Waals surface area contributed by atoms with Crippen LogP contribution in [0, 0.1) is 40.9 Å². The number of H-pyrrole nitrogens is 1. The van der Waals surface area contributed by atoms with Crippen molar-refractivity contribution in [3.05, 3.63) is 70.3 Å². The molecule has 2 aliphatic heterocycles. The first kappa shape index (κ1) is 42.1. The second-order valence-electron chi connectivity index (χ2n) is 17.9. The average molecular weight is 797 g/mol. The van der Waals surface area contributed by atoms with E-state index in [0.29, 0.717) is 106 Å². The predicted molar refractivity (Wildman–Crippen MR) is 223 cm³/mol. The van der Waals surface area contributed by atoms with Crippen LogP contribution in [-0.4, -0.2) is 82.0 Å². The van der Waals surface area contributed by atoms with Gasteiger partial charge in [0.05, 0.1) is 25.1 Å². The summed E-state index contributed by atoms with van der Waals surface area (Å²) in [4.78, 5) is 29.5. The van der Waals surface area contributed by atoms with Crippen LogP contribution in [0.4, 0.5) is 0 Å². The smallest absolute Gasteiger partial charge is 0.160 e. The number of aromatic hydroxyl groups is 1. The number of rotatable bonds is 14. The first-order valence-corrected chi connectivity index (χ1v) is 21.8. The van der Waals surface area contributed by atoms with E-state index in [1.807, 2.05) is 18.5 Å². The molecule has 1 aromatic heterocycles. The number of aromatic amines is 1. The van der Waals surface area contributed by atoms with Gasteiger partial charge >= 0.3 is 0 Å². The monoisotopic (exact) mass is 796 g/mol. The number of allylic oxidation sites excluding steroid dienone is 2. The minimum Gasteiger partial charge on any atom is -0.504 e. The van der Waals surface area contributed by atoms with Crippen molar-refractivity contribution in [1.82, 2.24) is 15.6 Å². The minimum atomic E-state index is -1.19. The number of hydrogen-bond acceptors (Lipinski definition) is 10. The van der Waals surface area contributed by atoms with Gasteiger partial charge in [-0.3, -0.25) is 9.59 Å². The molecule has 58 heavy (non-hydrogen) atoms. The van der Waals surface area contributed by atoms with Gasteiger partial charge in [0, 0.05) is 56.8 Å². The summed E-state index contributed by atoms with van der Waals surface area (Å²) in [6.07, 6.45) is 14.6. The fraction of sp³-hybridized carbons (Fsp3) is 0.617. The molecule has 9 atom stereocenters. The van der Waals surface area contributed by atoms with E-state index in [9.17, 15) is 30.0 Å². The summed E-state index contributed by atoms with van der Waals surface area (Å²) in [7, 11) is 1.51. The maximum absolute atomic E-state index is 14.3. The maximum atomic E-state index is 14.3. The number of nitrogens with one attached hydrogen (secondary N) is 3. The van der Waals surface area contributed by atoms with E-state index in [-0.39, 0.29) is 42.4 Å². The lowest BCUT2D eigenvalue weighted by Gasteiger charge is -2.44. The number of nitrogens with two attached hydrogens (primary N) is 1. The SMILES string of the molecule is COc1cc2c(cc1O)C(CCC(O)CCC1=C(Cc3cc[nH]c3)CNC(N)=C1)C#CC1(CCC(CC(CCO)C3CNC4CC(=O)CCC4C3)CC1O)C(=O)CC2. The van der Waals surface area contributed by atoms with Gasteiger partial charge in [0.2, 0.25) is 0 Å². The minimum absolute atomic E-state index is 0.00435. The van der Waals surface area contributed by atoms with E-state index in [4.69, 9.17) is 10.5 Å². The highest BCUT2D eigenvalue weighted by Crippen LogP contribution is 2.46. The molecule has 1 aromatic carbocycles. The first-order valence-electron chi connectivity index (χ1n) is 21.8. The number of aromatic nitrogens is 1. The summed E-state index contributed by atoms with van der Waals surface area (Å²) in [6, 6.07) is 5.83. The summed E-state index contributed by atoms with van der Waals surface area (Å²) < 4.78 is 5.47. The number of aliphatic hydroxyl groups excluding tert-OH is 3. The van der Waals surface area contributed by atoms with Crippen LogP contribution in [0.5, 0.6) is 11.5 Å².